The number of hydrogen-bond acceptors (Lipinski definition) is 6. The molecule has 0 bridgehead atoms. The van der Waals surface area contributed by atoms with Crippen molar-refractivity contribution in [1.82, 2.24) is 20.3 Å². The van der Waals surface area contributed by atoms with E-state index in [-0.39, 0.29) is 23.2 Å². The molecule has 2 unspecified atom stereocenters. The molecule has 4 N–H and O–H groups in total. The number of ether oxygens (including phenoxy) is 1. The summed E-state index contributed by atoms with van der Waals surface area (Å²) in [4.78, 5) is 22.7. The van der Waals surface area contributed by atoms with Crippen molar-refractivity contribution in [3.63, 3.8) is 0 Å². The first kappa shape index (κ1) is 23.3. The quantitative estimate of drug-likeness (QED) is 0.375. The van der Waals surface area contributed by atoms with Gasteiger partial charge in [0.2, 0.25) is 5.95 Å². The highest BCUT2D eigenvalue weighted by Crippen LogP contribution is 2.41. The third kappa shape index (κ3) is 4.91. The number of H-pyrrole nitrogens is 1. The predicted molar refractivity (Wildman–Crippen MR) is 122 cm³/mol. The lowest BCUT2D eigenvalue weighted by Gasteiger charge is -2.28. The molecule has 0 radical (unpaired) electrons. The van der Waals surface area contributed by atoms with Crippen LogP contribution in [0.25, 0.3) is 22.2 Å². The fourth-order valence-electron chi connectivity index (χ4n) is 3.79. The fourth-order valence-corrected chi connectivity index (χ4v) is 4.35. The number of alkyl halides is 3. The first-order valence-electron chi connectivity index (χ1n) is 10.3. The number of nitrogens with one attached hydrogen (secondary N) is 4. The Hall–Kier alpha value is -2.86. The number of amides is 1. The first-order valence-corrected chi connectivity index (χ1v) is 11.1. The third-order valence-electron chi connectivity index (χ3n) is 5.56. The van der Waals surface area contributed by atoms with Crippen molar-refractivity contribution < 1.29 is 22.7 Å². The van der Waals surface area contributed by atoms with Crippen LogP contribution >= 0.6 is 15.9 Å². The number of fused-ring (bicyclic) bond motifs is 1. The number of hydrogen-bond donors (Lipinski definition) is 4. The Kier molecular flexibility index (Phi) is 6.48. The van der Waals surface area contributed by atoms with Crippen molar-refractivity contribution in [3.05, 3.63) is 34.6 Å². The van der Waals surface area contributed by atoms with E-state index in [0.29, 0.717) is 33.6 Å². The molecule has 3 heterocycles. The molecule has 1 aliphatic heterocycles. The van der Waals surface area contributed by atoms with E-state index in [1.165, 1.54) is 13.3 Å². The lowest BCUT2D eigenvalue weighted by Crippen LogP contribution is -2.43. The number of aromatic amines is 1. The number of aromatic nitrogens is 3. The molecule has 33 heavy (non-hydrogen) atoms. The smallest absolute Gasteiger partial charge is 0.419 e. The summed E-state index contributed by atoms with van der Waals surface area (Å²) >= 11 is 3.39. The van der Waals surface area contributed by atoms with Gasteiger partial charge in [-0.15, -0.1) is 0 Å². The minimum atomic E-state index is -4.64. The summed E-state index contributed by atoms with van der Waals surface area (Å²) in [7, 11) is 1.23. The van der Waals surface area contributed by atoms with Crippen molar-refractivity contribution in [3.8, 4) is 11.3 Å². The number of anilines is 2. The number of carbonyl (C=O) groups excluding carboxylic acids is 1. The minimum Gasteiger partial charge on any atom is -0.453 e. The first-order chi connectivity index (χ1) is 15.7. The molecule has 0 saturated carbocycles. The summed E-state index contributed by atoms with van der Waals surface area (Å²) in [6.07, 6.45) is -1.22. The summed E-state index contributed by atoms with van der Waals surface area (Å²) in [5.74, 6) is 0.136. The molecular formula is C21H22BrF3N6O2. The van der Waals surface area contributed by atoms with Crippen molar-refractivity contribution in [2.24, 2.45) is 0 Å². The van der Waals surface area contributed by atoms with Crippen molar-refractivity contribution in [1.29, 1.82) is 0 Å². The SMILES string of the molecule is COC(=O)Nc1ccc2c(-c3nc(NC4CCC(C)NC4)ncc3C(F)(F)F)c[nH]c2c1Br. The van der Waals surface area contributed by atoms with Crippen molar-refractivity contribution >= 4 is 44.6 Å². The average molecular weight is 527 g/mol. The zero-order valence-corrected chi connectivity index (χ0v) is 19.4. The van der Waals surface area contributed by atoms with Crippen LogP contribution in [-0.4, -0.2) is 46.8 Å². The molecule has 3 aromatic rings. The number of rotatable bonds is 4. The molecular weight excluding hydrogens is 505 g/mol. The van der Waals surface area contributed by atoms with Gasteiger partial charge in [0.25, 0.3) is 0 Å². The van der Waals surface area contributed by atoms with Crippen LogP contribution in [0.3, 0.4) is 0 Å². The number of halogens is 4. The molecule has 8 nitrogen and oxygen atoms in total. The lowest BCUT2D eigenvalue weighted by molar-refractivity contribution is -0.137. The molecule has 1 aliphatic rings. The molecule has 0 spiro atoms. The number of methoxy groups -OCH3 is 1. The van der Waals surface area contributed by atoms with Gasteiger partial charge < -0.3 is 20.4 Å². The fraction of sp³-hybridized carbons (Fsp3) is 0.381. The highest BCUT2D eigenvalue weighted by Gasteiger charge is 2.36. The van der Waals surface area contributed by atoms with Gasteiger partial charge in [0, 0.05) is 42.0 Å². The highest BCUT2D eigenvalue weighted by molar-refractivity contribution is 9.10. The molecule has 176 valence electrons. The Morgan fingerprint density at radius 3 is 2.76 bits per heavy atom. The number of benzene rings is 1. The summed E-state index contributed by atoms with van der Waals surface area (Å²) < 4.78 is 46.5. The molecule has 1 saturated heterocycles. The maximum atomic E-state index is 13.8. The van der Waals surface area contributed by atoms with Gasteiger partial charge in [0.1, 0.15) is 5.56 Å². The Labute approximate surface area is 195 Å². The molecule has 1 amide bonds. The minimum absolute atomic E-state index is 0.0230. The third-order valence-corrected chi connectivity index (χ3v) is 6.38. The van der Waals surface area contributed by atoms with Crippen molar-refractivity contribution in [2.45, 2.75) is 38.0 Å². The van der Waals surface area contributed by atoms with E-state index < -0.39 is 17.8 Å². The Balaban J connectivity index is 1.74. The summed E-state index contributed by atoms with van der Waals surface area (Å²) in [6.45, 7) is 2.76. The molecule has 2 atom stereocenters. The summed E-state index contributed by atoms with van der Waals surface area (Å²) in [5.41, 5.74) is 0.0122. The highest BCUT2D eigenvalue weighted by atomic mass is 79.9. The summed E-state index contributed by atoms with van der Waals surface area (Å²) in [5, 5.41) is 9.53. The molecule has 4 rings (SSSR count). The topological polar surface area (TPSA) is 104 Å². The van der Waals surface area contributed by atoms with E-state index in [0.717, 1.165) is 19.0 Å². The maximum absolute atomic E-state index is 13.8. The largest absolute Gasteiger partial charge is 0.453 e. The summed E-state index contributed by atoms with van der Waals surface area (Å²) in [6, 6.07) is 3.60. The second-order valence-corrected chi connectivity index (χ2v) is 8.64. The van der Waals surface area contributed by atoms with Crippen LogP contribution in [0, 0.1) is 0 Å². The van der Waals surface area contributed by atoms with E-state index in [1.54, 1.807) is 12.1 Å². The van der Waals surface area contributed by atoms with Crippen molar-refractivity contribution in [2.75, 3.05) is 24.3 Å². The van der Waals surface area contributed by atoms with Gasteiger partial charge in [-0.2, -0.15) is 13.2 Å². The van der Waals surface area contributed by atoms with Crippen LogP contribution in [0.4, 0.5) is 29.6 Å². The van der Waals surface area contributed by atoms with Gasteiger partial charge in [-0.25, -0.2) is 14.8 Å². The lowest BCUT2D eigenvalue weighted by atomic mass is 10.0. The standard InChI is InChI=1S/C21H22BrF3N6O2/c1-10-3-4-11(7-26-10)29-19-28-9-14(21(23,24)25)17(31-19)13-8-27-18-12(13)5-6-15(16(18)22)30-20(32)33-2/h5-6,8-11,26-27H,3-4,7H2,1-2H3,(H,30,32)(H,28,29,31). The molecule has 1 aromatic carbocycles. The molecule has 2 aromatic heterocycles. The monoisotopic (exact) mass is 526 g/mol. The van der Waals surface area contributed by atoms with Crippen LogP contribution < -0.4 is 16.0 Å². The van der Waals surface area contributed by atoms with Gasteiger partial charge in [-0.3, -0.25) is 5.32 Å². The van der Waals surface area contributed by atoms with Gasteiger partial charge in [-0.1, -0.05) is 6.07 Å². The van der Waals surface area contributed by atoms with Crippen LogP contribution in [-0.2, 0) is 10.9 Å². The second kappa shape index (κ2) is 9.18. The van der Waals surface area contributed by atoms with Gasteiger partial charge in [0.05, 0.1) is 28.5 Å². The Morgan fingerprint density at radius 1 is 1.30 bits per heavy atom. The van der Waals surface area contributed by atoms with Crippen LogP contribution in [0.2, 0.25) is 0 Å². The normalized spacial score (nSPS) is 18.8. The number of nitrogens with zero attached hydrogens (tertiary/aromatic N) is 2. The molecule has 1 fully saturated rings. The van der Waals surface area contributed by atoms with Gasteiger partial charge in [-0.05, 0) is 41.8 Å². The zero-order valence-electron chi connectivity index (χ0n) is 17.8. The molecule has 0 aliphatic carbocycles. The number of piperidine rings is 1. The van der Waals surface area contributed by atoms with E-state index >= 15 is 0 Å². The number of carbonyl (C=O) groups is 1. The second-order valence-electron chi connectivity index (χ2n) is 7.85. The van der Waals surface area contributed by atoms with E-state index in [2.05, 4.69) is 58.5 Å². The zero-order chi connectivity index (χ0) is 23.8. The predicted octanol–water partition coefficient (Wildman–Crippen LogP) is 5.14. The van der Waals surface area contributed by atoms with E-state index in [1.807, 2.05) is 0 Å². The van der Waals surface area contributed by atoms with Gasteiger partial charge >= 0.3 is 12.3 Å². The Morgan fingerprint density at radius 2 is 2.09 bits per heavy atom. The van der Waals surface area contributed by atoms with Crippen LogP contribution in [0.15, 0.2) is 29.0 Å². The maximum Gasteiger partial charge on any atom is 0.419 e. The average Bonchev–Trinajstić information content (AvgIpc) is 3.21. The van der Waals surface area contributed by atoms with Crippen LogP contribution in [0.1, 0.15) is 25.3 Å². The van der Waals surface area contributed by atoms with Crippen LogP contribution in [0.5, 0.6) is 0 Å². The van der Waals surface area contributed by atoms with E-state index in [4.69, 9.17) is 0 Å². The Bertz CT molecular complexity index is 1170. The van der Waals surface area contributed by atoms with Gasteiger partial charge in [0.15, 0.2) is 0 Å². The molecule has 12 heteroatoms. The van der Waals surface area contributed by atoms with E-state index in [9.17, 15) is 18.0 Å².